The van der Waals surface area contributed by atoms with Crippen molar-refractivity contribution in [3.05, 3.63) is 53.9 Å². The van der Waals surface area contributed by atoms with Crippen molar-refractivity contribution >= 4 is 23.3 Å². The Kier molecular flexibility index (Phi) is 5.25. The molecule has 0 atom stereocenters. The molecule has 116 valence electrons. The lowest BCUT2D eigenvalue weighted by molar-refractivity contribution is -0.115. The summed E-state index contributed by atoms with van der Waals surface area (Å²) in [7, 11) is 0. The number of carbonyl (C=O) groups is 2. The van der Waals surface area contributed by atoms with Gasteiger partial charge in [-0.25, -0.2) is 4.79 Å². The van der Waals surface area contributed by atoms with E-state index in [1.54, 1.807) is 30.6 Å². The third-order valence-corrected chi connectivity index (χ3v) is 2.99. The summed E-state index contributed by atoms with van der Waals surface area (Å²) in [5.41, 5.74) is 1.85. The highest BCUT2D eigenvalue weighted by molar-refractivity contribution is 5.98. The molecule has 7 nitrogen and oxygen atoms in total. The maximum Gasteiger partial charge on any atom is 0.335 e. The first-order chi connectivity index (χ1) is 11.1. The van der Waals surface area contributed by atoms with Crippen molar-refractivity contribution in [3.63, 3.8) is 0 Å². The monoisotopic (exact) mass is 310 g/mol. The number of carbonyl (C=O) groups excluding carboxylic acids is 1. The van der Waals surface area contributed by atoms with E-state index in [9.17, 15) is 9.59 Å². The van der Waals surface area contributed by atoms with Crippen molar-refractivity contribution in [1.82, 2.24) is 4.98 Å². The molecule has 1 aromatic carbocycles. The molecule has 0 bridgehead atoms. The summed E-state index contributed by atoms with van der Waals surface area (Å²) in [6.45, 7) is 0.460. The molecule has 2 aromatic rings. The van der Waals surface area contributed by atoms with Crippen LogP contribution in [0.15, 0.2) is 42.7 Å². The van der Waals surface area contributed by atoms with Gasteiger partial charge in [0.2, 0.25) is 5.91 Å². The molecule has 0 aliphatic heterocycles. The van der Waals surface area contributed by atoms with Crippen molar-refractivity contribution in [1.29, 1.82) is 5.26 Å². The number of benzene rings is 1. The van der Waals surface area contributed by atoms with Gasteiger partial charge in [-0.05, 0) is 29.8 Å². The van der Waals surface area contributed by atoms with Crippen LogP contribution in [-0.4, -0.2) is 22.0 Å². The van der Waals surface area contributed by atoms with E-state index in [4.69, 9.17) is 10.4 Å². The molecular weight excluding hydrogens is 296 g/mol. The summed E-state index contributed by atoms with van der Waals surface area (Å²) < 4.78 is 0. The SMILES string of the molecule is N#CCC(=O)Nc1cc(C(=O)O)ccc1NCc1cccnc1. The fourth-order valence-corrected chi connectivity index (χ4v) is 1.90. The van der Waals surface area contributed by atoms with E-state index >= 15 is 0 Å². The van der Waals surface area contributed by atoms with Gasteiger partial charge in [0.15, 0.2) is 0 Å². The Bertz CT molecular complexity index is 754. The Labute approximate surface area is 132 Å². The van der Waals surface area contributed by atoms with Gasteiger partial charge >= 0.3 is 5.97 Å². The number of hydrogen-bond donors (Lipinski definition) is 3. The molecule has 1 aromatic heterocycles. The highest BCUT2D eigenvalue weighted by Crippen LogP contribution is 2.24. The van der Waals surface area contributed by atoms with E-state index in [1.165, 1.54) is 12.1 Å². The fourth-order valence-electron chi connectivity index (χ4n) is 1.90. The number of hydrogen-bond acceptors (Lipinski definition) is 5. The summed E-state index contributed by atoms with van der Waals surface area (Å²) >= 11 is 0. The number of nitriles is 1. The second-order valence-corrected chi connectivity index (χ2v) is 4.66. The van der Waals surface area contributed by atoms with Gasteiger partial charge in [-0.3, -0.25) is 9.78 Å². The minimum Gasteiger partial charge on any atom is -0.478 e. The average Bonchev–Trinajstić information content (AvgIpc) is 2.54. The normalized spacial score (nSPS) is 9.70. The Morgan fingerprint density at radius 1 is 1.26 bits per heavy atom. The van der Waals surface area contributed by atoms with Crippen LogP contribution in [0.1, 0.15) is 22.3 Å². The van der Waals surface area contributed by atoms with Crippen molar-refractivity contribution < 1.29 is 14.7 Å². The maximum atomic E-state index is 11.6. The Morgan fingerprint density at radius 2 is 2.09 bits per heavy atom. The number of aromatic nitrogens is 1. The smallest absolute Gasteiger partial charge is 0.335 e. The Balaban J connectivity index is 2.21. The van der Waals surface area contributed by atoms with Crippen LogP contribution < -0.4 is 10.6 Å². The lowest BCUT2D eigenvalue weighted by Gasteiger charge is -2.13. The standard InChI is InChI=1S/C16H14N4O3/c17-6-5-15(21)20-14-8-12(16(22)23)3-4-13(14)19-10-11-2-1-7-18-9-11/h1-4,7-9,19H,5,10H2,(H,20,21)(H,22,23). The molecule has 1 heterocycles. The second kappa shape index (κ2) is 7.56. The molecule has 23 heavy (non-hydrogen) atoms. The number of aromatic carboxylic acids is 1. The van der Waals surface area contributed by atoms with Gasteiger partial charge in [0, 0.05) is 18.9 Å². The van der Waals surface area contributed by atoms with E-state index in [2.05, 4.69) is 15.6 Å². The number of nitrogens with zero attached hydrogens (tertiary/aromatic N) is 2. The zero-order valence-corrected chi connectivity index (χ0v) is 12.1. The molecule has 0 unspecified atom stereocenters. The summed E-state index contributed by atoms with van der Waals surface area (Å²) in [6.07, 6.45) is 3.06. The zero-order chi connectivity index (χ0) is 16.7. The number of rotatable bonds is 6. The van der Waals surface area contributed by atoms with Crippen LogP contribution >= 0.6 is 0 Å². The third-order valence-electron chi connectivity index (χ3n) is 2.99. The molecule has 0 radical (unpaired) electrons. The maximum absolute atomic E-state index is 11.6. The van der Waals surface area contributed by atoms with E-state index < -0.39 is 11.9 Å². The first-order valence-corrected chi connectivity index (χ1v) is 6.77. The zero-order valence-electron chi connectivity index (χ0n) is 12.1. The number of nitrogens with one attached hydrogen (secondary N) is 2. The molecule has 3 N–H and O–H groups in total. The third kappa shape index (κ3) is 4.54. The van der Waals surface area contributed by atoms with Crippen LogP contribution in [0.4, 0.5) is 11.4 Å². The van der Waals surface area contributed by atoms with Crippen LogP contribution in [0.2, 0.25) is 0 Å². The van der Waals surface area contributed by atoms with Crippen molar-refractivity contribution in [2.45, 2.75) is 13.0 Å². The molecular formula is C16H14N4O3. The van der Waals surface area contributed by atoms with Gasteiger partial charge in [-0.15, -0.1) is 0 Å². The second-order valence-electron chi connectivity index (χ2n) is 4.66. The molecule has 2 rings (SSSR count). The van der Waals surface area contributed by atoms with Crippen LogP contribution in [0.3, 0.4) is 0 Å². The van der Waals surface area contributed by atoms with Crippen LogP contribution in [0.5, 0.6) is 0 Å². The number of pyridine rings is 1. The lowest BCUT2D eigenvalue weighted by atomic mass is 10.1. The summed E-state index contributed by atoms with van der Waals surface area (Å²) in [5, 5.41) is 23.3. The van der Waals surface area contributed by atoms with Crippen molar-refractivity contribution in [2.75, 3.05) is 10.6 Å². The molecule has 0 saturated carbocycles. The number of carboxylic acid groups (broad SMARTS) is 1. The predicted octanol–water partition coefficient (Wildman–Crippen LogP) is 2.24. The number of carboxylic acids is 1. The topological polar surface area (TPSA) is 115 Å². The largest absolute Gasteiger partial charge is 0.478 e. The van der Waals surface area contributed by atoms with Crippen molar-refractivity contribution in [3.8, 4) is 6.07 Å². The van der Waals surface area contributed by atoms with E-state index in [0.717, 1.165) is 5.56 Å². The Morgan fingerprint density at radius 3 is 2.74 bits per heavy atom. The van der Waals surface area contributed by atoms with Crippen molar-refractivity contribution in [2.24, 2.45) is 0 Å². The quantitative estimate of drug-likeness (QED) is 0.753. The van der Waals surface area contributed by atoms with Crippen LogP contribution in [0.25, 0.3) is 0 Å². The summed E-state index contributed by atoms with van der Waals surface area (Å²) in [4.78, 5) is 26.7. The minimum absolute atomic E-state index is 0.0455. The predicted molar refractivity (Wildman–Crippen MR) is 83.8 cm³/mol. The summed E-state index contributed by atoms with van der Waals surface area (Å²) in [5.74, 6) is -1.60. The summed E-state index contributed by atoms with van der Waals surface area (Å²) in [6, 6.07) is 9.80. The number of anilines is 2. The molecule has 0 aliphatic carbocycles. The van der Waals surface area contributed by atoms with Gasteiger partial charge in [0.25, 0.3) is 0 Å². The van der Waals surface area contributed by atoms with Gasteiger partial charge in [-0.1, -0.05) is 6.07 Å². The van der Waals surface area contributed by atoms with E-state index in [1.807, 2.05) is 6.07 Å². The highest BCUT2D eigenvalue weighted by atomic mass is 16.4. The molecule has 0 spiro atoms. The van der Waals surface area contributed by atoms with Gasteiger partial charge < -0.3 is 15.7 Å². The van der Waals surface area contributed by atoms with Gasteiger partial charge in [-0.2, -0.15) is 5.26 Å². The highest BCUT2D eigenvalue weighted by Gasteiger charge is 2.11. The first kappa shape index (κ1) is 16.0. The number of amides is 1. The van der Waals surface area contributed by atoms with E-state index in [-0.39, 0.29) is 12.0 Å². The Hall–Kier alpha value is -3.40. The average molecular weight is 310 g/mol. The molecule has 1 amide bonds. The molecule has 0 aliphatic rings. The lowest BCUT2D eigenvalue weighted by Crippen LogP contribution is -2.13. The molecule has 0 saturated heterocycles. The molecule has 0 fully saturated rings. The van der Waals surface area contributed by atoms with Gasteiger partial charge in [0.05, 0.1) is 23.0 Å². The minimum atomic E-state index is -1.10. The van der Waals surface area contributed by atoms with Crippen LogP contribution in [-0.2, 0) is 11.3 Å². The first-order valence-electron chi connectivity index (χ1n) is 6.77. The van der Waals surface area contributed by atoms with Gasteiger partial charge in [0.1, 0.15) is 6.42 Å². The van der Waals surface area contributed by atoms with Crippen LogP contribution in [0, 0.1) is 11.3 Å². The molecule has 7 heteroatoms. The van der Waals surface area contributed by atoms with E-state index in [0.29, 0.717) is 17.9 Å². The fraction of sp³-hybridized carbons (Fsp3) is 0.125.